The molecule has 0 aliphatic rings. The van der Waals surface area contributed by atoms with Gasteiger partial charge >= 0.3 is 5.97 Å². The van der Waals surface area contributed by atoms with Crippen molar-refractivity contribution in [3.63, 3.8) is 0 Å². The molecule has 18 heavy (non-hydrogen) atoms. The topological polar surface area (TPSA) is 122 Å². The SMILES string of the molecule is NS(=O)(=O)CCCNc1cc(C(=O)O)c(Cl)cn1. The third-order valence-corrected chi connectivity index (χ3v) is 3.16. The van der Waals surface area contributed by atoms with Crippen LogP contribution in [0.3, 0.4) is 0 Å². The number of aromatic carboxylic acids is 1. The number of rotatable bonds is 6. The summed E-state index contributed by atoms with van der Waals surface area (Å²) in [6, 6.07) is 1.28. The van der Waals surface area contributed by atoms with Gasteiger partial charge in [-0.2, -0.15) is 0 Å². The second kappa shape index (κ2) is 5.98. The van der Waals surface area contributed by atoms with Gasteiger partial charge in [-0.05, 0) is 12.5 Å². The number of anilines is 1. The fraction of sp³-hybridized carbons (Fsp3) is 0.333. The molecular formula is C9H12ClN3O4S. The molecule has 0 aromatic carbocycles. The Balaban J connectivity index is 2.58. The van der Waals surface area contributed by atoms with Gasteiger partial charge in [-0.15, -0.1) is 0 Å². The summed E-state index contributed by atoms with van der Waals surface area (Å²) in [7, 11) is -3.48. The van der Waals surface area contributed by atoms with E-state index in [4.69, 9.17) is 21.8 Å². The maximum atomic E-state index is 10.8. The Labute approximate surface area is 109 Å². The maximum Gasteiger partial charge on any atom is 0.337 e. The van der Waals surface area contributed by atoms with Gasteiger partial charge in [0.15, 0.2) is 0 Å². The van der Waals surface area contributed by atoms with E-state index < -0.39 is 16.0 Å². The molecule has 0 aliphatic heterocycles. The van der Waals surface area contributed by atoms with Gasteiger partial charge in [0.25, 0.3) is 0 Å². The van der Waals surface area contributed by atoms with Crippen LogP contribution >= 0.6 is 11.6 Å². The van der Waals surface area contributed by atoms with Crippen molar-refractivity contribution in [2.45, 2.75) is 6.42 Å². The number of aromatic nitrogens is 1. The number of primary sulfonamides is 1. The minimum absolute atomic E-state index is 0.0394. The van der Waals surface area contributed by atoms with E-state index in [1.165, 1.54) is 12.3 Å². The van der Waals surface area contributed by atoms with Crippen molar-refractivity contribution in [1.82, 2.24) is 4.98 Å². The zero-order valence-electron chi connectivity index (χ0n) is 9.26. The number of sulfonamides is 1. The van der Waals surface area contributed by atoms with E-state index in [9.17, 15) is 13.2 Å². The summed E-state index contributed by atoms with van der Waals surface area (Å²) in [6.45, 7) is 0.310. The summed E-state index contributed by atoms with van der Waals surface area (Å²) in [5.41, 5.74) is -0.0689. The Bertz CT molecular complexity index is 547. The largest absolute Gasteiger partial charge is 0.478 e. The average molecular weight is 294 g/mol. The first-order valence-corrected chi connectivity index (χ1v) is 7.02. The molecule has 9 heteroatoms. The Hall–Kier alpha value is -1.38. The van der Waals surface area contributed by atoms with Crippen LogP contribution in [0.15, 0.2) is 12.3 Å². The van der Waals surface area contributed by atoms with E-state index in [1.807, 2.05) is 0 Å². The van der Waals surface area contributed by atoms with Crippen LogP contribution in [0.2, 0.25) is 5.02 Å². The molecule has 1 heterocycles. The smallest absolute Gasteiger partial charge is 0.337 e. The first-order chi connectivity index (χ1) is 8.29. The van der Waals surface area contributed by atoms with Crippen LogP contribution < -0.4 is 10.5 Å². The number of hydrogen-bond acceptors (Lipinski definition) is 5. The summed E-state index contributed by atoms with van der Waals surface area (Å²) in [5.74, 6) is -1.000. The summed E-state index contributed by atoms with van der Waals surface area (Å²) in [6.07, 6.45) is 1.51. The van der Waals surface area contributed by atoms with Crippen molar-refractivity contribution >= 4 is 33.4 Å². The molecule has 1 aromatic heterocycles. The molecule has 0 aliphatic carbocycles. The fourth-order valence-corrected chi connectivity index (χ4v) is 1.92. The van der Waals surface area contributed by atoms with Crippen LogP contribution in [0.25, 0.3) is 0 Å². The van der Waals surface area contributed by atoms with Crippen molar-refractivity contribution in [2.75, 3.05) is 17.6 Å². The van der Waals surface area contributed by atoms with Gasteiger partial charge in [0.1, 0.15) is 5.82 Å². The predicted molar refractivity (Wildman–Crippen MR) is 67.3 cm³/mol. The number of pyridine rings is 1. The first kappa shape index (κ1) is 14.7. The zero-order valence-corrected chi connectivity index (χ0v) is 10.8. The second-order valence-corrected chi connectivity index (χ2v) is 5.64. The number of carboxylic acid groups (broad SMARTS) is 1. The van der Waals surface area contributed by atoms with Gasteiger partial charge < -0.3 is 10.4 Å². The van der Waals surface area contributed by atoms with Gasteiger partial charge in [-0.25, -0.2) is 23.3 Å². The van der Waals surface area contributed by atoms with E-state index >= 15 is 0 Å². The summed E-state index contributed by atoms with van der Waals surface area (Å²) >= 11 is 5.65. The molecule has 0 unspecified atom stereocenters. The van der Waals surface area contributed by atoms with Crippen LogP contribution in [0.1, 0.15) is 16.8 Å². The van der Waals surface area contributed by atoms with Crippen molar-refractivity contribution < 1.29 is 18.3 Å². The van der Waals surface area contributed by atoms with Crippen molar-refractivity contribution in [1.29, 1.82) is 0 Å². The Morgan fingerprint density at radius 2 is 2.22 bits per heavy atom. The Morgan fingerprint density at radius 1 is 1.56 bits per heavy atom. The second-order valence-electron chi connectivity index (χ2n) is 3.50. The summed E-state index contributed by atoms with van der Waals surface area (Å²) in [5, 5.41) is 16.5. The number of hydrogen-bond donors (Lipinski definition) is 3. The number of nitrogens with zero attached hydrogens (tertiary/aromatic N) is 1. The number of carbonyl (C=O) groups is 1. The monoisotopic (exact) mass is 293 g/mol. The number of nitrogens with one attached hydrogen (secondary N) is 1. The highest BCUT2D eigenvalue weighted by Crippen LogP contribution is 2.17. The third-order valence-electron chi connectivity index (χ3n) is 2.00. The zero-order chi connectivity index (χ0) is 13.8. The van der Waals surface area contributed by atoms with E-state index in [1.54, 1.807) is 0 Å². The van der Waals surface area contributed by atoms with Crippen LogP contribution in [-0.2, 0) is 10.0 Å². The standard InChI is InChI=1S/C9H12ClN3O4S/c10-7-5-13-8(4-6(7)9(14)15)12-2-1-3-18(11,16)17/h4-5H,1-3H2,(H,12,13)(H,14,15)(H2,11,16,17). The lowest BCUT2D eigenvalue weighted by atomic mass is 10.2. The van der Waals surface area contributed by atoms with Gasteiger partial charge in [0.05, 0.1) is 16.3 Å². The van der Waals surface area contributed by atoms with E-state index in [0.29, 0.717) is 18.8 Å². The molecule has 1 rings (SSSR count). The van der Waals surface area contributed by atoms with E-state index in [-0.39, 0.29) is 16.3 Å². The molecule has 0 amide bonds. The molecule has 0 saturated carbocycles. The molecule has 0 atom stereocenters. The van der Waals surface area contributed by atoms with Gasteiger partial charge in [0, 0.05) is 12.7 Å². The van der Waals surface area contributed by atoms with E-state index in [0.717, 1.165) is 0 Å². The first-order valence-electron chi connectivity index (χ1n) is 4.93. The summed E-state index contributed by atoms with van der Waals surface area (Å²) < 4.78 is 21.3. The summed E-state index contributed by atoms with van der Waals surface area (Å²) in [4.78, 5) is 14.7. The van der Waals surface area contributed by atoms with E-state index in [2.05, 4.69) is 10.3 Å². The molecule has 7 nitrogen and oxygen atoms in total. The third kappa shape index (κ3) is 4.86. The van der Waals surface area contributed by atoms with Crippen molar-refractivity contribution in [3.8, 4) is 0 Å². The Morgan fingerprint density at radius 3 is 2.78 bits per heavy atom. The van der Waals surface area contributed by atoms with Crippen molar-refractivity contribution in [2.24, 2.45) is 5.14 Å². The maximum absolute atomic E-state index is 10.8. The molecule has 0 spiro atoms. The highest BCUT2D eigenvalue weighted by Gasteiger charge is 2.10. The fourth-order valence-electron chi connectivity index (χ4n) is 1.19. The van der Waals surface area contributed by atoms with Crippen LogP contribution in [0, 0.1) is 0 Å². The normalized spacial score (nSPS) is 11.2. The lowest BCUT2D eigenvalue weighted by molar-refractivity contribution is 0.0697. The number of carboxylic acids is 1. The minimum Gasteiger partial charge on any atom is -0.478 e. The van der Waals surface area contributed by atoms with Crippen molar-refractivity contribution in [3.05, 3.63) is 22.8 Å². The highest BCUT2D eigenvalue weighted by atomic mass is 35.5. The molecule has 100 valence electrons. The molecule has 0 bridgehead atoms. The lowest BCUT2D eigenvalue weighted by Gasteiger charge is -2.06. The van der Waals surface area contributed by atoms with Crippen LogP contribution in [0.4, 0.5) is 5.82 Å². The van der Waals surface area contributed by atoms with Crippen LogP contribution in [-0.4, -0.2) is 36.8 Å². The molecule has 0 fully saturated rings. The van der Waals surface area contributed by atoms with Gasteiger partial charge in [-0.1, -0.05) is 11.6 Å². The minimum atomic E-state index is -3.48. The predicted octanol–water partition coefficient (Wildman–Crippen LogP) is 0.524. The van der Waals surface area contributed by atoms with Crippen LogP contribution in [0.5, 0.6) is 0 Å². The molecule has 0 radical (unpaired) electrons. The Kier molecular flexibility index (Phi) is 4.88. The molecule has 1 aromatic rings. The number of halogens is 1. The highest BCUT2D eigenvalue weighted by molar-refractivity contribution is 7.89. The number of nitrogens with two attached hydrogens (primary N) is 1. The van der Waals surface area contributed by atoms with Gasteiger partial charge in [-0.3, -0.25) is 0 Å². The molecule has 0 saturated heterocycles. The molecular weight excluding hydrogens is 282 g/mol. The average Bonchev–Trinajstić information content (AvgIpc) is 2.24. The quantitative estimate of drug-likeness (QED) is 0.657. The molecule has 4 N–H and O–H groups in total. The van der Waals surface area contributed by atoms with Gasteiger partial charge in [0.2, 0.25) is 10.0 Å². The lowest BCUT2D eigenvalue weighted by Crippen LogP contribution is -2.19.